The molecule has 0 amide bonds. The molecule has 1 heterocycles. The lowest BCUT2D eigenvalue weighted by Gasteiger charge is -2.34. The highest BCUT2D eigenvalue weighted by Crippen LogP contribution is 2.17. The zero-order valence-electron chi connectivity index (χ0n) is 14.3. The number of hydrogen-bond donors (Lipinski definition) is 0. The molecule has 0 radical (unpaired) electrons. The van der Waals surface area contributed by atoms with Crippen molar-refractivity contribution in [1.82, 2.24) is 9.80 Å². The van der Waals surface area contributed by atoms with Crippen LogP contribution in [0.25, 0.3) is 5.76 Å². The van der Waals surface area contributed by atoms with Crippen LogP contribution in [0.1, 0.15) is 31.9 Å². The van der Waals surface area contributed by atoms with Crippen molar-refractivity contribution >= 4 is 5.76 Å². The molecular formula is C19H30N2O. The van der Waals surface area contributed by atoms with Crippen LogP contribution in [0.15, 0.2) is 30.8 Å². The van der Waals surface area contributed by atoms with Gasteiger partial charge in [-0.05, 0) is 18.0 Å². The highest BCUT2D eigenvalue weighted by molar-refractivity contribution is 5.57. The Balaban J connectivity index is 1.83. The summed E-state index contributed by atoms with van der Waals surface area (Å²) in [5.41, 5.74) is 2.45. The standard InChI is InChI=1S/C19H30N2O/c1-5-20-10-12-21(13-11-20)14-18-6-8-19(9-7-18)17(4)22-15-16(2)3/h6-9,16H,4-5,10-15H2,1-3H3. The van der Waals surface area contributed by atoms with Gasteiger partial charge >= 0.3 is 0 Å². The van der Waals surface area contributed by atoms with Gasteiger partial charge in [0.1, 0.15) is 5.76 Å². The lowest BCUT2D eigenvalue weighted by molar-refractivity contribution is 0.132. The smallest absolute Gasteiger partial charge is 0.119 e. The molecule has 3 heteroatoms. The van der Waals surface area contributed by atoms with Gasteiger partial charge in [0.25, 0.3) is 0 Å². The van der Waals surface area contributed by atoms with E-state index in [1.807, 2.05) is 0 Å². The molecule has 1 aliphatic heterocycles. The van der Waals surface area contributed by atoms with Crippen LogP contribution in [-0.2, 0) is 11.3 Å². The molecular weight excluding hydrogens is 272 g/mol. The van der Waals surface area contributed by atoms with Gasteiger partial charge in [-0.3, -0.25) is 4.90 Å². The first-order valence-corrected chi connectivity index (χ1v) is 8.44. The van der Waals surface area contributed by atoms with Gasteiger partial charge in [0.15, 0.2) is 0 Å². The molecule has 0 unspecified atom stereocenters. The fourth-order valence-corrected chi connectivity index (χ4v) is 2.67. The van der Waals surface area contributed by atoms with E-state index < -0.39 is 0 Å². The first kappa shape index (κ1) is 17.0. The highest BCUT2D eigenvalue weighted by Gasteiger charge is 2.15. The summed E-state index contributed by atoms with van der Waals surface area (Å²) in [6, 6.07) is 8.65. The zero-order chi connectivity index (χ0) is 15.9. The average molecular weight is 302 g/mol. The van der Waals surface area contributed by atoms with Crippen molar-refractivity contribution in [2.45, 2.75) is 27.3 Å². The lowest BCUT2D eigenvalue weighted by Crippen LogP contribution is -2.45. The molecule has 3 nitrogen and oxygen atoms in total. The van der Waals surface area contributed by atoms with Crippen LogP contribution in [0, 0.1) is 5.92 Å². The Labute approximate surface area is 135 Å². The van der Waals surface area contributed by atoms with Crippen LogP contribution < -0.4 is 0 Å². The Bertz CT molecular complexity index is 459. The van der Waals surface area contributed by atoms with E-state index >= 15 is 0 Å². The van der Waals surface area contributed by atoms with Crippen molar-refractivity contribution in [1.29, 1.82) is 0 Å². The third kappa shape index (κ3) is 5.15. The van der Waals surface area contributed by atoms with Crippen molar-refractivity contribution in [3.63, 3.8) is 0 Å². The van der Waals surface area contributed by atoms with Gasteiger partial charge in [-0.2, -0.15) is 0 Å². The maximum Gasteiger partial charge on any atom is 0.119 e. The molecule has 0 bridgehead atoms. The summed E-state index contributed by atoms with van der Waals surface area (Å²) < 4.78 is 5.69. The first-order chi connectivity index (χ1) is 10.6. The van der Waals surface area contributed by atoms with E-state index in [0.29, 0.717) is 5.92 Å². The van der Waals surface area contributed by atoms with Crippen molar-refractivity contribution in [2.24, 2.45) is 5.92 Å². The third-order valence-corrected chi connectivity index (χ3v) is 4.19. The summed E-state index contributed by atoms with van der Waals surface area (Å²) in [6.07, 6.45) is 0. The number of piperazine rings is 1. The van der Waals surface area contributed by atoms with Crippen LogP contribution in [0.2, 0.25) is 0 Å². The second kappa shape index (κ2) is 8.35. The Morgan fingerprint density at radius 2 is 1.68 bits per heavy atom. The summed E-state index contributed by atoms with van der Waals surface area (Å²) in [4.78, 5) is 5.04. The van der Waals surface area contributed by atoms with Gasteiger partial charge in [0.2, 0.25) is 0 Å². The minimum absolute atomic E-state index is 0.526. The fourth-order valence-electron chi connectivity index (χ4n) is 2.67. The number of likely N-dealkylation sites (N-methyl/N-ethyl adjacent to an activating group) is 1. The summed E-state index contributed by atoms with van der Waals surface area (Å²) in [5, 5.41) is 0. The Kier molecular flexibility index (Phi) is 6.47. The number of rotatable bonds is 7. The maximum absolute atomic E-state index is 5.69. The lowest BCUT2D eigenvalue weighted by atomic mass is 10.1. The quantitative estimate of drug-likeness (QED) is 0.717. The SMILES string of the molecule is C=C(OCC(C)C)c1ccc(CN2CCN(CC)CC2)cc1. The molecule has 122 valence electrons. The topological polar surface area (TPSA) is 15.7 Å². The van der Waals surface area contributed by atoms with Gasteiger partial charge < -0.3 is 9.64 Å². The Hall–Kier alpha value is -1.32. The second-order valence-corrected chi connectivity index (χ2v) is 6.54. The molecule has 0 spiro atoms. The van der Waals surface area contributed by atoms with Crippen molar-refractivity contribution < 1.29 is 4.74 Å². The number of nitrogens with zero attached hydrogens (tertiary/aromatic N) is 2. The van der Waals surface area contributed by atoms with Gasteiger partial charge in [-0.1, -0.05) is 51.6 Å². The second-order valence-electron chi connectivity index (χ2n) is 6.54. The molecule has 0 saturated carbocycles. The molecule has 2 rings (SSSR count). The van der Waals surface area contributed by atoms with E-state index in [4.69, 9.17) is 4.74 Å². The van der Waals surface area contributed by atoms with Crippen LogP contribution in [-0.4, -0.2) is 49.1 Å². The molecule has 1 saturated heterocycles. The van der Waals surface area contributed by atoms with Crippen molar-refractivity contribution in [3.05, 3.63) is 42.0 Å². The van der Waals surface area contributed by atoms with E-state index in [1.54, 1.807) is 0 Å². The monoisotopic (exact) mass is 302 g/mol. The van der Waals surface area contributed by atoms with Gasteiger partial charge in [0, 0.05) is 38.3 Å². The van der Waals surface area contributed by atoms with E-state index in [9.17, 15) is 0 Å². The number of hydrogen-bond acceptors (Lipinski definition) is 3. The fraction of sp³-hybridized carbons (Fsp3) is 0.579. The van der Waals surface area contributed by atoms with E-state index in [2.05, 4.69) is 61.4 Å². The summed E-state index contributed by atoms with van der Waals surface area (Å²) in [7, 11) is 0. The largest absolute Gasteiger partial charge is 0.493 e. The van der Waals surface area contributed by atoms with Crippen LogP contribution in [0.3, 0.4) is 0 Å². The molecule has 0 atom stereocenters. The predicted molar refractivity (Wildman–Crippen MR) is 93.7 cm³/mol. The van der Waals surface area contributed by atoms with Crippen molar-refractivity contribution in [3.8, 4) is 0 Å². The van der Waals surface area contributed by atoms with E-state index in [-0.39, 0.29) is 0 Å². The molecule has 1 aromatic carbocycles. The van der Waals surface area contributed by atoms with Gasteiger partial charge in [-0.15, -0.1) is 0 Å². The molecule has 22 heavy (non-hydrogen) atoms. The minimum Gasteiger partial charge on any atom is -0.493 e. The summed E-state index contributed by atoms with van der Waals surface area (Å²) in [5.74, 6) is 1.30. The zero-order valence-corrected chi connectivity index (χ0v) is 14.3. The summed E-state index contributed by atoms with van der Waals surface area (Å²) in [6.45, 7) is 18.2. The highest BCUT2D eigenvalue weighted by atomic mass is 16.5. The van der Waals surface area contributed by atoms with E-state index in [1.165, 1.54) is 38.3 Å². The van der Waals surface area contributed by atoms with Gasteiger partial charge in [-0.25, -0.2) is 0 Å². The Morgan fingerprint density at radius 1 is 1.09 bits per heavy atom. The predicted octanol–water partition coefficient (Wildman–Crippen LogP) is 3.47. The third-order valence-electron chi connectivity index (χ3n) is 4.19. The molecule has 1 fully saturated rings. The average Bonchev–Trinajstić information content (AvgIpc) is 2.54. The molecule has 0 aliphatic carbocycles. The van der Waals surface area contributed by atoms with Crippen LogP contribution >= 0.6 is 0 Å². The molecule has 0 N–H and O–H groups in total. The molecule has 0 aromatic heterocycles. The first-order valence-electron chi connectivity index (χ1n) is 8.44. The maximum atomic E-state index is 5.69. The summed E-state index contributed by atoms with van der Waals surface area (Å²) >= 11 is 0. The Morgan fingerprint density at radius 3 is 2.23 bits per heavy atom. The molecule has 1 aromatic rings. The molecule has 1 aliphatic rings. The van der Waals surface area contributed by atoms with E-state index in [0.717, 1.165) is 24.5 Å². The van der Waals surface area contributed by atoms with Crippen LogP contribution in [0.5, 0.6) is 0 Å². The number of benzene rings is 1. The van der Waals surface area contributed by atoms with Gasteiger partial charge in [0.05, 0.1) is 6.61 Å². The minimum atomic E-state index is 0.526. The van der Waals surface area contributed by atoms with Crippen molar-refractivity contribution in [2.75, 3.05) is 39.3 Å². The normalized spacial score (nSPS) is 16.9. The van der Waals surface area contributed by atoms with Crippen LogP contribution in [0.4, 0.5) is 0 Å². The number of ether oxygens (including phenoxy) is 1.